The van der Waals surface area contributed by atoms with Crippen molar-refractivity contribution in [3.63, 3.8) is 0 Å². The van der Waals surface area contributed by atoms with Crippen molar-refractivity contribution in [2.45, 2.75) is 24.3 Å². The molecule has 0 spiro atoms. The normalized spacial score (nSPS) is 12.4. The Morgan fingerprint density at radius 2 is 2.31 bits per heavy atom. The second kappa shape index (κ2) is 6.11. The molecule has 0 heterocycles. The fourth-order valence-corrected chi connectivity index (χ4v) is 2.47. The molecule has 0 bridgehead atoms. The van der Waals surface area contributed by atoms with E-state index in [9.17, 15) is 9.18 Å². The van der Waals surface area contributed by atoms with Crippen LogP contribution in [0.15, 0.2) is 18.2 Å². The first kappa shape index (κ1) is 13.3. The Bertz CT molecular complexity index is 384. The SMILES string of the molecule is CCC(SCc1cc(F)ccc1Cl)C(=O)O. The highest BCUT2D eigenvalue weighted by Gasteiger charge is 2.16. The first-order valence-electron chi connectivity index (χ1n) is 4.83. The van der Waals surface area contributed by atoms with Crippen LogP contribution in [0.5, 0.6) is 0 Å². The first-order chi connectivity index (χ1) is 7.54. The molecular formula is C11H12ClFO2S. The summed E-state index contributed by atoms with van der Waals surface area (Å²) in [6.45, 7) is 1.80. The summed E-state index contributed by atoms with van der Waals surface area (Å²) in [5.41, 5.74) is 0.631. The quantitative estimate of drug-likeness (QED) is 0.881. The molecule has 1 unspecified atom stereocenters. The molecule has 2 nitrogen and oxygen atoms in total. The molecule has 0 radical (unpaired) electrons. The van der Waals surface area contributed by atoms with Gasteiger partial charge in [0, 0.05) is 10.8 Å². The monoisotopic (exact) mass is 262 g/mol. The summed E-state index contributed by atoms with van der Waals surface area (Å²) in [5, 5.41) is 8.84. The first-order valence-corrected chi connectivity index (χ1v) is 6.25. The van der Waals surface area contributed by atoms with Gasteiger partial charge in [0.25, 0.3) is 0 Å². The number of benzene rings is 1. The number of carboxylic acid groups (broad SMARTS) is 1. The number of hydrogen-bond donors (Lipinski definition) is 1. The predicted molar refractivity (Wildman–Crippen MR) is 64.4 cm³/mol. The molecule has 1 rings (SSSR count). The van der Waals surface area contributed by atoms with Crippen LogP contribution >= 0.6 is 23.4 Å². The van der Waals surface area contributed by atoms with Gasteiger partial charge in [0.2, 0.25) is 0 Å². The van der Waals surface area contributed by atoms with Gasteiger partial charge >= 0.3 is 5.97 Å². The van der Waals surface area contributed by atoms with Crippen LogP contribution < -0.4 is 0 Å². The highest BCUT2D eigenvalue weighted by atomic mass is 35.5. The number of carbonyl (C=O) groups is 1. The lowest BCUT2D eigenvalue weighted by Crippen LogP contribution is -2.15. The zero-order chi connectivity index (χ0) is 12.1. The highest BCUT2D eigenvalue weighted by Crippen LogP contribution is 2.25. The number of rotatable bonds is 5. The summed E-state index contributed by atoms with van der Waals surface area (Å²) in [4.78, 5) is 10.8. The third-order valence-electron chi connectivity index (χ3n) is 2.09. The molecule has 1 atom stereocenters. The van der Waals surface area contributed by atoms with Gasteiger partial charge in [-0.2, -0.15) is 0 Å². The zero-order valence-electron chi connectivity index (χ0n) is 8.74. The number of aliphatic carboxylic acids is 1. The van der Waals surface area contributed by atoms with Gasteiger partial charge in [-0.3, -0.25) is 4.79 Å². The van der Waals surface area contributed by atoms with Gasteiger partial charge in [0.15, 0.2) is 0 Å². The second-order valence-electron chi connectivity index (χ2n) is 3.28. The largest absolute Gasteiger partial charge is 0.480 e. The van der Waals surface area contributed by atoms with Crippen LogP contribution in [0.3, 0.4) is 0 Å². The Morgan fingerprint density at radius 1 is 1.62 bits per heavy atom. The van der Waals surface area contributed by atoms with Gasteiger partial charge < -0.3 is 5.11 Å². The molecule has 88 valence electrons. The van der Waals surface area contributed by atoms with E-state index in [1.54, 1.807) is 6.92 Å². The van der Waals surface area contributed by atoms with E-state index in [0.29, 0.717) is 22.8 Å². The van der Waals surface area contributed by atoms with Crippen molar-refractivity contribution < 1.29 is 14.3 Å². The average molecular weight is 263 g/mol. The van der Waals surface area contributed by atoms with Gasteiger partial charge in [0.1, 0.15) is 11.1 Å². The van der Waals surface area contributed by atoms with Crippen LogP contribution in [0.1, 0.15) is 18.9 Å². The van der Waals surface area contributed by atoms with Gasteiger partial charge in [0.05, 0.1) is 0 Å². The smallest absolute Gasteiger partial charge is 0.316 e. The Hall–Kier alpha value is -0.740. The minimum atomic E-state index is -0.847. The minimum absolute atomic E-state index is 0.358. The number of halogens is 2. The van der Waals surface area contributed by atoms with Gasteiger partial charge in [-0.05, 0) is 30.2 Å². The summed E-state index contributed by atoms with van der Waals surface area (Å²) in [6, 6.07) is 4.10. The fourth-order valence-electron chi connectivity index (χ4n) is 1.21. The van der Waals surface area contributed by atoms with Gasteiger partial charge in [-0.15, -0.1) is 11.8 Å². The Balaban J connectivity index is 2.66. The van der Waals surface area contributed by atoms with E-state index in [1.807, 2.05) is 0 Å². The van der Waals surface area contributed by atoms with Crippen molar-refractivity contribution in [2.24, 2.45) is 0 Å². The van der Waals surface area contributed by atoms with E-state index in [-0.39, 0.29) is 5.82 Å². The van der Waals surface area contributed by atoms with Crippen molar-refractivity contribution in [2.75, 3.05) is 0 Å². The predicted octanol–water partition coefficient (Wildman–Crippen LogP) is 3.58. The standard InChI is InChI=1S/C11H12ClFO2S/c1-2-10(11(14)15)16-6-7-5-8(13)3-4-9(7)12/h3-5,10H,2,6H2,1H3,(H,14,15). The Kier molecular flexibility index (Phi) is 5.09. The van der Waals surface area contributed by atoms with E-state index in [0.717, 1.165) is 0 Å². The topological polar surface area (TPSA) is 37.3 Å². The van der Waals surface area contributed by atoms with Crippen LogP contribution in [0.4, 0.5) is 4.39 Å². The lowest BCUT2D eigenvalue weighted by atomic mass is 10.2. The summed E-state index contributed by atoms with van der Waals surface area (Å²) in [6.07, 6.45) is 0.535. The molecule has 5 heteroatoms. The molecule has 1 N–H and O–H groups in total. The van der Waals surface area contributed by atoms with E-state index in [1.165, 1.54) is 30.0 Å². The molecule has 1 aromatic rings. The lowest BCUT2D eigenvalue weighted by molar-refractivity contribution is -0.136. The zero-order valence-corrected chi connectivity index (χ0v) is 10.3. The maximum Gasteiger partial charge on any atom is 0.316 e. The van der Waals surface area contributed by atoms with Crippen molar-refractivity contribution in [1.29, 1.82) is 0 Å². The molecule has 16 heavy (non-hydrogen) atoms. The van der Waals surface area contributed by atoms with Crippen molar-refractivity contribution >= 4 is 29.3 Å². The third kappa shape index (κ3) is 3.68. The molecule has 0 fully saturated rings. The summed E-state index contributed by atoms with van der Waals surface area (Å²) in [5.74, 6) is -0.801. The molecule has 0 saturated heterocycles. The maximum absolute atomic E-state index is 12.9. The summed E-state index contributed by atoms with van der Waals surface area (Å²) >= 11 is 7.13. The molecule has 0 aliphatic heterocycles. The molecule has 0 aliphatic carbocycles. The van der Waals surface area contributed by atoms with E-state index in [4.69, 9.17) is 16.7 Å². The number of carboxylic acids is 1. The molecular weight excluding hydrogens is 251 g/mol. The molecule has 0 aliphatic rings. The van der Waals surface area contributed by atoms with Crippen LogP contribution in [-0.4, -0.2) is 16.3 Å². The Labute approximate surface area is 103 Å². The lowest BCUT2D eigenvalue weighted by Gasteiger charge is -2.10. The van der Waals surface area contributed by atoms with Crippen LogP contribution in [0.2, 0.25) is 5.02 Å². The van der Waals surface area contributed by atoms with E-state index < -0.39 is 11.2 Å². The van der Waals surface area contributed by atoms with E-state index >= 15 is 0 Å². The molecule has 0 saturated carbocycles. The Morgan fingerprint density at radius 3 is 2.88 bits per heavy atom. The van der Waals surface area contributed by atoms with Crippen LogP contribution in [0, 0.1) is 5.82 Å². The minimum Gasteiger partial charge on any atom is -0.480 e. The van der Waals surface area contributed by atoms with Crippen LogP contribution in [0.25, 0.3) is 0 Å². The van der Waals surface area contributed by atoms with E-state index in [2.05, 4.69) is 0 Å². The maximum atomic E-state index is 12.9. The average Bonchev–Trinajstić information content (AvgIpc) is 2.23. The van der Waals surface area contributed by atoms with Gasteiger partial charge in [-0.1, -0.05) is 18.5 Å². The van der Waals surface area contributed by atoms with Crippen molar-refractivity contribution in [1.82, 2.24) is 0 Å². The van der Waals surface area contributed by atoms with Crippen LogP contribution in [-0.2, 0) is 10.5 Å². The van der Waals surface area contributed by atoms with Gasteiger partial charge in [-0.25, -0.2) is 4.39 Å². The molecule has 0 amide bonds. The molecule has 1 aromatic carbocycles. The summed E-state index contributed by atoms with van der Waals surface area (Å²) < 4.78 is 12.9. The van der Waals surface area contributed by atoms with Crippen molar-refractivity contribution in [3.8, 4) is 0 Å². The number of thioether (sulfide) groups is 1. The third-order valence-corrected chi connectivity index (χ3v) is 3.88. The second-order valence-corrected chi connectivity index (χ2v) is 4.88. The molecule has 0 aromatic heterocycles. The number of hydrogen-bond acceptors (Lipinski definition) is 2. The summed E-state index contributed by atoms with van der Waals surface area (Å²) in [7, 11) is 0. The fraction of sp³-hybridized carbons (Fsp3) is 0.364. The highest BCUT2D eigenvalue weighted by molar-refractivity contribution is 7.99. The van der Waals surface area contributed by atoms with Crippen molar-refractivity contribution in [3.05, 3.63) is 34.6 Å².